The number of carboxylic acid groups (broad SMARTS) is 1. The van der Waals surface area contributed by atoms with Gasteiger partial charge in [0.25, 0.3) is 0 Å². The molecule has 1 fully saturated rings. The Labute approximate surface area is 97.6 Å². The summed E-state index contributed by atoms with van der Waals surface area (Å²) in [4.78, 5) is 34.4. The highest BCUT2D eigenvalue weighted by Crippen LogP contribution is 2.02. The Balaban J connectivity index is 2.44. The molecule has 17 heavy (non-hydrogen) atoms. The van der Waals surface area contributed by atoms with Gasteiger partial charge in [-0.2, -0.15) is 0 Å². The van der Waals surface area contributed by atoms with Crippen molar-refractivity contribution in [3.63, 3.8) is 0 Å². The third kappa shape index (κ3) is 3.59. The van der Waals surface area contributed by atoms with Gasteiger partial charge in [0.1, 0.15) is 6.54 Å². The molecule has 0 bridgehead atoms. The molecule has 0 aromatic heterocycles. The van der Waals surface area contributed by atoms with Crippen LogP contribution in [0, 0.1) is 0 Å². The Bertz CT molecular complexity index is 342. The largest absolute Gasteiger partial charge is 0.479 e. The van der Waals surface area contributed by atoms with E-state index < -0.39 is 24.1 Å². The number of aliphatic hydroxyl groups is 1. The predicted molar refractivity (Wildman–Crippen MR) is 56.2 cm³/mol. The third-order valence-corrected chi connectivity index (χ3v) is 2.37. The van der Waals surface area contributed by atoms with Crippen LogP contribution in [0.15, 0.2) is 0 Å². The van der Waals surface area contributed by atoms with E-state index in [0.717, 1.165) is 6.92 Å². The fraction of sp³-hybridized carbons (Fsp3) is 0.667. The maximum atomic E-state index is 11.5. The summed E-state index contributed by atoms with van der Waals surface area (Å²) in [6, 6.07) is -0.568. The van der Waals surface area contributed by atoms with Crippen LogP contribution in [0.2, 0.25) is 0 Å². The monoisotopic (exact) mass is 245 g/mol. The first kappa shape index (κ1) is 13.2. The number of carbonyl (C=O) groups is 3. The SMILES string of the molecule is CC(O)(CNC(=O)N1CCNC(=O)C1)C(=O)O. The number of piperazine rings is 1. The van der Waals surface area contributed by atoms with E-state index in [-0.39, 0.29) is 12.5 Å². The summed E-state index contributed by atoms with van der Waals surface area (Å²) in [5, 5.41) is 22.8. The van der Waals surface area contributed by atoms with Crippen molar-refractivity contribution in [2.75, 3.05) is 26.2 Å². The topological polar surface area (TPSA) is 119 Å². The van der Waals surface area contributed by atoms with E-state index in [0.29, 0.717) is 13.1 Å². The molecule has 96 valence electrons. The van der Waals surface area contributed by atoms with E-state index in [4.69, 9.17) is 5.11 Å². The zero-order chi connectivity index (χ0) is 13.1. The van der Waals surface area contributed by atoms with Crippen molar-refractivity contribution in [2.45, 2.75) is 12.5 Å². The molecule has 1 rings (SSSR count). The quantitative estimate of drug-likeness (QED) is 0.457. The Morgan fingerprint density at radius 1 is 1.59 bits per heavy atom. The highest BCUT2D eigenvalue weighted by Gasteiger charge is 2.31. The van der Waals surface area contributed by atoms with Gasteiger partial charge in [-0.3, -0.25) is 4.79 Å². The average molecular weight is 245 g/mol. The number of carboxylic acids is 1. The second-order valence-electron chi connectivity index (χ2n) is 4.01. The van der Waals surface area contributed by atoms with E-state index in [2.05, 4.69) is 10.6 Å². The molecule has 0 spiro atoms. The van der Waals surface area contributed by atoms with Gasteiger partial charge in [-0.15, -0.1) is 0 Å². The molecule has 0 aromatic rings. The molecule has 1 saturated heterocycles. The minimum Gasteiger partial charge on any atom is -0.479 e. The second-order valence-corrected chi connectivity index (χ2v) is 4.01. The molecule has 0 aromatic carbocycles. The van der Waals surface area contributed by atoms with Crippen LogP contribution in [0.25, 0.3) is 0 Å². The zero-order valence-electron chi connectivity index (χ0n) is 9.39. The van der Waals surface area contributed by atoms with Gasteiger partial charge in [0.2, 0.25) is 5.91 Å². The summed E-state index contributed by atoms with van der Waals surface area (Å²) >= 11 is 0. The molecule has 1 aliphatic heterocycles. The average Bonchev–Trinajstić information content (AvgIpc) is 2.25. The van der Waals surface area contributed by atoms with Gasteiger partial charge in [0.15, 0.2) is 5.60 Å². The molecule has 8 nitrogen and oxygen atoms in total. The van der Waals surface area contributed by atoms with Crippen LogP contribution in [-0.4, -0.2) is 64.8 Å². The summed E-state index contributed by atoms with van der Waals surface area (Å²) in [6.45, 7) is 1.31. The second kappa shape index (κ2) is 5.00. The van der Waals surface area contributed by atoms with E-state index >= 15 is 0 Å². The van der Waals surface area contributed by atoms with Crippen molar-refractivity contribution in [1.82, 2.24) is 15.5 Å². The number of rotatable bonds is 3. The summed E-state index contributed by atoms with van der Waals surface area (Å²) in [5.74, 6) is -1.69. The van der Waals surface area contributed by atoms with Crippen LogP contribution in [0.4, 0.5) is 4.79 Å². The van der Waals surface area contributed by atoms with Crippen molar-refractivity contribution < 1.29 is 24.6 Å². The Morgan fingerprint density at radius 2 is 2.24 bits per heavy atom. The van der Waals surface area contributed by atoms with Crippen LogP contribution in [-0.2, 0) is 9.59 Å². The fourth-order valence-corrected chi connectivity index (χ4v) is 1.25. The maximum Gasteiger partial charge on any atom is 0.337 e. The van der Waals surface area contributed by atoms with Gasteiger partial charge in [-0.1, -0.05) is 0 Å². The predicted octanol–water partition coefficient (Wildman–Crippen LogP) is -2.04. The number of urea groups is 1. The number of hydrogen-bond acceptors (Lipinski definition) is 4. The van der Waals surface area contributed by atoms with Gasteiger partial charge in [0, 0.05) is 13.1 Å². The van der Waals surface area contributed by atoms with Crippen molar-refractivity contribution in [3.8, 4) is 0 Å². The molecule has 0 radical (unpaired) electrons. The van der Waals surface area contributed by atoms with Crippen molar-refractivity contribution in [2.24, 2.45) is 0 Å². The van der Waals surface area contributed by atoms with E-state index in [1.54, 1.807) is 0 Å². The molecular formula is C9H15N3O5. The molecule has 1 unspecified atom stereocenters. The first-order valence-electron chi connectivity index (χ1n) is 5.08. The van der Waals surface area contributed by atoms with Crippen molar-refractivity contribution in [3.05, 3.63) is 0 Å². The lowest BCUT2D eigenvalue weighted by molar-refractivity contribution is -0.155. The molecular weight excluding hydrogens is 230 g/mol. The summed E-state index contributed by atoms with van der Waals surface area (Å²) < 4.78 is 0. The minimum atomic E-state index is -2.02. The zero-order valence-corrected chi connectivity index (χ0v) is 9.39. The van der Waals surface area contributed by atoms with Crippen LogP contribution in [0.1, 0.15) is 6.92 Å². The van der Waals surface area contributed by atoms with E-state index in [9.17, 15) is 19.5 Å². The highest BCUT2D eigenvalue weighted by molar-refractivity contribution is 5.85. The summed E-state index contributed by atoms with van der Waals surface area (Å²) in [5.41, 5.74) is -2.02. The van der Waals surface area contributed by atoms with Crippen LogP contribution in [0.3, 0.4) is 0 Å². The lowest BCUT2D eigenvalue weighted by atomic mass is 10.1. The summed E-state index contributed by atoms with van der Waals surface area (Å²) in [7, 11) is 0. The van der Waals surface area contributed by atoms with Crippen LogP contribution in [0.5, 0.6) is 0 Å². The van der Waals surface area contributed by atoms with Gasteiger partial charge in [-0.05, 0) is 6.92 Å². The third-order valence-electron chi connectivity index (χ3n) is 2.37. The van der Waals surface area contributed by atoms with Crippen molar-refractivity contribution in [1.29, 1.82) is 0 Å². The first-order valence-corrected chi connectivity index (χ1v) is 5.08. The molecule has 8 heteroatoms. The van der Waals surface area contributed by atoms with Gasteiger partial charge >= 0.3 is 12.0 Å². The number of aliphatic carboxylic acids is 1. The molecule has 1 aliphatic rings. The molecule has 0 aliphatic carbocycles. The van der Waals surface area contributed by atoms with Gasteiger partial charge in [-0.25, -0.2) is 9.59 Å². The maximum absolute atomic E-state index is 11.5. The molecule has 1 heterocycles. The highest BCUT2D eigenvalue weighted by atomic mass is 16.4. The molecule has 1 atom stereocenters. The minimum absolute atomic E-state index is 0.0684. The number of nitrogens with one attached hydrogen (secondary N) is 2. The molecule has 0 saturated carbocycles. The number of hydrogen-bond donors (Lipinski definition) is 4. The summed E-state index contributed by atoms with van der Waals surface area (Å²) in [6.07, 6.45) is 0. The normalized spacial score (nSPS) is 19.2. The number of carbonyl (C=O) groups excluding carboxylic acids is 2. The van der Waals surface area contributed by atoms with Gasteiger partial charge < -0.3 is 25.7 Å². The smallest absolute Gasteiger partial charge is 0.337 e. The fourth-order valence-electron chi connectivity index (χ4n) is 1.25. The van der Waals surface area contributed by atoms with Crippen LogP contribution < -0.4 is 10.6 Å². The lowest BCUT2D eigenvalue weighted by Gasteiger charge is -2.28. The molecule has 3 amide bonds. The van der Waals surface area contributed by atoms with Gasteiger partial charge in [0.05, 0.1) is 6.54 Å². The Morgan fingerprint density at radius 3 is 2.76 bits per heavy atom. The Hall–Kier alpha value is -1.83. The number of nitrogens with zero attached hydrogens (tertiary/aromatic N) is 1. The van der Waals surface area contributed by atoms with E-state index in [1.807, 2.05) is 0 Å². The van der Waals surface area contributed by atoms with E-state index in [1.165, 1.54) is 4.90 Å². The van der Waals surface area contributed by atoms with Crippen molar-refractivity contribution >= 4 is 17.9 Å². The lowest BCUT2D eigenvalue weighted by Crippen LogP contribution is -2.55. The Kier molecular flexibility index (Phi) is 3.89. The van der Waals surface area contributed by atoms with Crippen LogP contribution >= 0.6 is 0 Å². The standard InChI is InChI=1S/C9H15N3O5/c1-9(17,7(14)15)5-11-8(16)12-3-2-10-6(13)4-12/h17H,2-5H2,1H3,(H,10,13)(H,11,16)(H,14,15). The first-order chi connectivity index (χ1) is 7.83. The molecule has 4 N–H and O–H groups in total. The number of amides is 3.